The van der Waals surface area contributed by atoms with Gasteiger partial charge in [0.25, 0.3) is 0 Å². The number of aliphatic carboxylic acids is 1. The number of hydrogen-bond acceptors (Lipinski definition) is 5. The highest BCUT2D eigenvalue weighted by Crippen LogP contribution is 2.37. The van der Waals surface area contributed by atoms with Gasteiger partial charge >= 0.3 is 11.7 Å². The van der Waals surface area contributed by atoms with Crippen molar-refractivity contribution in [1.29, 1.82) is 0 Å². The van der Waals surface area contributed by atoms with Gasteiger partial charge in [0.15, 0.2) is 5.03 Å². The van der Waals surface area contributed by atoms with E-state index in [1.165, 1.54) is 26.1 Å². The molecule has 0 aliphatic heterocycles. The summed E-state index contributed by atoms with van der Waals surface area (Å²) in [6, 6.07) is 1.52. The van der Waals surface area contributed by atoms with Crippen LogP contribution in [0, 0.1) is 17.0 Å². The van der Waals surface area contributed by atoms with E-state index in [0.29, 0.717) is 5.56 Å². The Bertz CT molecular complexity index is 473. The smallest absolute Gasteiger partial charge is 0.319 e. The van der Waals surface area contributed by atoms with Gasteiger partial charge in [-0.15, -0.1) is 0 Å². The number of carbonyl (C=O) groups is 1. The van der Waals surface area contributed by atoms with Crippen LogP contribution in [0.2, 0.25) is 0 Å². The molecule has 1 N–H and O–H groups in total. The minimum Gasteiger partial charge on any atom is -0.480 e. The maximum absolute atomic E-state index is 11.0. The van der Waals surface area contributed by atoms with Crippen LogP contribution in [0.25, 0.3) is 0 Å². The number of rotatable bonds is 4. The maximum Gasteiger partial charge on any atom is 0.319 e. The average Bonchev–Trinajstić information content (AvgIpc) is 2.15. The molecule has 1 rings (SSSR count). The lowest BCUT2D eigenvalue weighted by Gasteiger charge is -2.17. The van der Waals surface area contributed by atoms with Gasteiger partial charge in [-0.3, -0.25) is 14.9 Å². The van der Waals surface area contributed by atoms with Crippen molar-refractivity contribution >= 4 is 23.4 Å². The highest BCUT2D eigenvalue weighted by Gasteiger charge is 2.33. The van der Waals surface area contributed by atoms with Crippen molar-refractivity contribution in [3.05, 3.63) is 27.9 Å². The molecule has 0 saturated heterocycles. The van der Waals surface area contributed by atoms with Crippen LogP contribution < -0.4 is 0 Å². The first-order chi connectivity index (χ1) is 7.75. The second-order valence-corrected chi connectivity index (χ2v) is 5.57. The third kappa shape index (κ3) is 2.94. The average molecular weight is 256 g/mol. The Hall–Kier alpha value is -1.63. The number of hydrogen-bond donors (Lipinski definition) is 1. The second-order valence-electron chi connectivity index (χ2n) is 3.96. The quantitative estimate of drug-likeness (QED) is 0.504. The Balaban J connectivity index is 3.20. The first-order valence-corrected chi connectivity index (χ1v) is 5.60. The molecule has 0 aliphatic rings. The summed E-state index contributed by atoms with van der Waals surface area (Å²) in [6.07, 6.45) is 1.43. The Morgan fingerprint density at radius 3 is 2.65 bits per heavy atom. The lowest BCUT2D eigenvalue weighted by atomic mass is 10.2. The first-order valence-electron chi connectivity index (χ1n) is 4.78. The van der Waals surface area contributed by atoms with Crippen LogP contribution in [0.4, 0.5) is 5.69 Å². The van der Waals surface area contributed by atoms with Crippen molar-refractivity contribution in [3.63, 3.8) is 0 Å². The van der Waals surface area contributed by atoms with Crippen molar-refractivity contribution < 1.29 is 14.8 Å². The Labute approximate surface area is 102 Å². The molecule has 0 aromatic carbocycles. The molecule has 0 bridgehead atoms. The number of carboxylic acid groups (broad SMARTS) is 1. The Kier molecular flexibility index (Phi) is 3.72. The fourth-order valence-corrected chi connectivity index (χ4v) is 2.12. The summed E-state index contributed by atoms with van der Waals surface area (Å²) in [5.41, 5.74) is 0.334. The van der Waals surface area contributed by atoms with E-state index in [9.17, 15) is 14.9 Å². The van der Waals surface area contributed by atoms with Gasteiger partial charge in [0.1, 0.15) is 4.75 Å². The Morgan fingerprint density at radius 1 is 1.59 bits per heavy atom. The van der Waals surface area contributed by atoms with Crippen molar-refractivity contribution in [2.24, 2.45) is 0 Å². The molecule has 0 unspecified atom stereocenters. The van der Waals surface area contributed by atoms with Crippen LogP contribution >= 0.6 is 11.8 Å². The summed E-state index contributed by atoms with van der Waals surface area (Å²) in [5.74, 6) is -1.04. The molecule has 0 fully saturated rings. The zero-order valence-electron chi connectivity index (χ0n) is 9.63. The fraction of sp³-hybridized carbons (Fsp3) is 0.400. The molecule has 7 heteroatoms. The number of aryl methyl sites for hydroxylation is 1. The third-order valence-electron chi connectivity index (χ3n) is 2.14. The summed E-state index contributed by atoms with van der Waals surface area (Å²) in [4.78, 5) is 25.2. The van der Waals surface area contributed by atoms with Crippen LogP contribution in [0.5, 0.6) is 0 Å². The summed E-state index contributed by atoms with van der Waals surface area (Å²) >= 11 is 0.871. The van der Waals surface area contributed by atoms with Gasteiger partial charge in [-0.1, -0.05) is 11.8 Å². The summed E-state index contributed by atoms with van der Waals surface area (Å²) in [5, 5.41) is 20.0. The summed E-state index contributed by atoms with van der Waals surface area (Å²) < 4.78 is -1.16. The molecule has 0 atom stereocenters. The zero-order valence-corrected chi connectivity index (χ0v) is 10.4. The SMILES string of the molecule is Cc1ccnc(SC(C)(C)C(=O)O)c1[N+](=O)[O-]. The van der Waals surface area contributed by atoms with Gasteiger partial charge in [-0.2, -0.15) is 0 Å². The summed E-state index contributed by atoms with van der Waals surface area (Å²) in [6.45, 7) is 4.55. The highest BCUT2D eigenvalue weighted by atomic mass is 32.2. The van der Waals surface area contributed by atoms with Crippen molar-refractivity contribution in [3.8, 4) is 0 Å². The van der Waals surface area contributed by atoms with Crippen molar-refractivity contribution in [2.75, 3.05) is 0 Å². The number of nitrogens with zero attached hydrogens (tertiary/aromatic N) is 2. The monoisotopic (exact) mass is 256 g/mol. The molecular weight excluding hydrogens is 244 g/mol. The van der Waals surface area contributed by atoms with Crippen LogP contribution in [-0.2, 0) is 4.79 Å². The second kappa shape index (κ2) is 4.70. The van der Waals surface area contributed by atoms with Gasteiger partial charge in [0.2, 0.25) is 0 Å². The minimum atomic E-state index is -1.16. The van der Waals surface area contributed by atoms with Gasteiger partial charge in [0, 0.05) is 11.8 Å². The largest absolute Gasteiger partial charge is 0.480 e. The van der Waals surface area contributed by atoms with Crippen molar-refractivity contribution in [1.82, 2.24) is 4.98 Å². The molecule has 1 heterocycles. The molecule has 1 aromatic heterocycles. The van der Waals surface area contributed by atoms with E-state index in [0.717, 1.165) is 11.8 Å². The van der Waals surface area contributed by atoms with Gasteiger partial charge in [-0.05, 0) is 26.8 Å². The topological polar surface area (TPSA) is 93.3 Å². The molecule has 0 aliphatic carbocycles. The molecular formula is C10H12N2O4S. The Morgan fingerprint density at radius 2 is 2.18 bits per heavy atom. The molecule has 92 valence electrons. The fourth-order valence-electron chi connectivity index (χ4n) is 1.11. The van der Waals surface area contributed by atoms with E-state index in [2.05, 4.69) is 4.98 Å². The molecule has 17 heavy (non-hydrogen) atoms. The van der Waals surface area contributed by atoms with Gasteiger partial charge in [-0.25, -0.2) is 4.98 Å². The normalized spacial score (nSPS) is 11.2. The van der Waals surface area contributed by atoms with E-state index < -0.39 is 15.6 Å². The third-order valence-corrected chi connectivity index (χ3v) is 3.32. The highest BCUT2D eigenvalue weighted by molar-refractivity contribution is 8.01. The van der Waals surface area contributed by atoms with Crippen LogP contribution in [0.15, 0.2) is 17.3 Å². The van der Waals surface area contributed by atoms with Gasteiger partial charge < -0.3 is 5.11 Å². The zero-order chi connectivity index (χ0) is 13.2. The van der Waals surface area contributed by atoms with Crippen LogP contribution in [0.3, 0.4) is 0 Å². The number of carboxylic acids is 1. The number of thioether (sulfide) groups is 1. The van der Waals surface area contributed by atoms with E-state index in [4.69, 9.17) is 5.11 Å². The van der Waals surface area contributed by atoms with E-state index in [1.807, 2.05) is 0 Å². The number of pyridine rings is 1. The predicted molar refractivity (Wildman–Crippen MR) is 63.2 cm³/mol. The first kappa shape index (κ1) is 13.4. The molecule has 6 nitrogen and oxygen atoms in total. The van der Waals surface area contributed by atoms with Crippen molar-refractivity contribution in [2.45, 2.75) is 30.5 Å². The lowest BCUT2D eigenvalue weighted by Crippen LogP contribution is -2.27. The molecule has 0 amide bonds. The van der Waals surface area contributed by atoms with E-state index in [-0.39, 0.29) is 10.7 Å². The summed E-state index contributed by atoms with van der Waals surface area (Å²) in [7, 11) is 0. The van der Waals surface area contributed by atoms with Gasteiger partial charge in [0.05, 0.1) is 4.92 Å². The molecule has 0 spiro atoms. The standard InChI is InChI=1S/C10H12N2O4S/c1-6-4-5-11-8(7(6)12(15)16)17-10(2,3)9(13)14/h4-5H,1-3H3,(H,13,14). The minimum absolute atomic E-state index is 0.127. The molecule has 1 aromatic rings. The maximum atomic E-state index is 11.0. The lowest BCUT2D eigenvalue weighted by molar-refractivity contribution is -0.388. The van der Waals surface area contributed by atoms with Crippen LogP contribution in [-0.4, -0.2) is 25.7 Å². The molecule has 0 saturated carbocycles. The predicted octanol–water partition coefficient (Wildman–Crippen LogP) is 2.25. The number of nitro groups is 1. The number of aromatic nitrogens is 1. The molecule has 0 radical (unpaired) electrons. The van der Waals surface area contributed by atoms with Crippen LogP contribution in [0.1, 0.15) is 19.4 Å². The van der Waals surface area contributed by atoms with E-state index in [1.54, 1.807) is 6.92 Å². The van der Waals surface area contributed by atoms with E-state index >= 15 is 0 Å².